The fourth-order valence-electron chi connectivity index (χ4n) is 2.90. The van der Waals surface area contributed by atoms with Crippen LogP contribution in [0.5, 0.6) is 0 Å². The molecule has 0 atom stereocenters. The summed E-state index contributed by atoms with van der Waals surface area (Å²) < 4.78 is 10.5. The molecule has 0 radical (unpaired) electrons. The van der Waals surface area contributed by atoms with Gasteiger partial charge in [-0.3, -0.25) is 9.69 Å². The van der Waals surface area contributed by atoms with E-state index in [4.69, 9.17) is 21.1 Å². The van der Waals surface area contributed by atoms with E-state index in [-0.39, 0.29) is 12.2 Å². The number of halogens is 1. The van der Waals surface area contributed by atoms with Crippen LogP contribution in [0.25, 0.3) is 0 Å². The van der Waals surface area contributed by atoms with Crippen LogP contribution in [0.1, 0.15) is 15.9 Å². The lowest BCUT2D eigenvalue weighted by Crippen LogP contribution is -2.35. The second-order valence-electron chi connectivity index (χ2n) is 6.56. The molecule has 1 heterocycles. The summed E-state index contributed by atoms with van der Waals surface area (Å²) in [5, 5.41) is 3.03. The first-order valence-corrected chi connectivity index (χ1v) is 10.8. The first-order valence-electron chi connectivity index (χ1n) is 9.24. The lowest BCUT2D eigenvalue weighted by Gasteiger charge is -2.26. The summed E-state index contributed by atoms with van der Waals surface area (Å²) in [6.45, 7) is 3.85. The van der Waals surface area contributed by atoms with Gasteiger partial charge in [0.05, 0.1) is 23.8 Å². The van der Waals surface area contributed by atoms with E-state index in [0.29, 0.717) is 10.7 Å². The molecule has 1 aliphatic heterocycles. The number of esters is 1. The van der Waals surface area contributed by atoms with E-state index >= 15 is 0 Å². The Labute approximate surface area is 179 Å². The van der Waals surface area contributed by atoms with Crippen LogP contribution in [0, 0.1) is 0 Å². The molecule has 8 heteroatoms. The fraction of sp³-hybridized carbons (Fsp3) is 0.333. The van der Waals surface area contributed by atoms with Crippen LogP contribution in [-0.4, -0.2) is 55.9 Å². The molecule has 0 aliphatic carbocycles. The van der Waals surface area contributed by atoms with Gasteiger partial charge in [-0.05, 0) is 42.2 Å². The van der Waals surface area contributed by atoms with Gasteiger partial charge in [0.2, 0.25) is 0 Å². The van der Waals surface area contributed by atoms with Crippen LogP contribution in [0.15, 0.2) is 47.4 Å². The fourth-order valence-corrected chi connectivity index (χ4v) is 3.54. The number of nitrogens with zero attached hydrogens (tertiary/aromatic N) is 1. The Morgan fingerprint density at radius 3 is 2.59 bits per heavy atom. The number of ether oxygens (including phenoxy) is 2. The van der Waals surface area contributed by atoms with E-state index in [2.05, 4.69) is 10.2 Å². The van der Waals surface area contributed by atoms with Gasteiger partial charge in [0.15, 0.2) is 6.61 Å². The largest absolute Gasteiger partial charge is 0.452 e. The van der Waals surface area contributed by atoms with E-state index in [9.17, 15) is 9.59 Å². The molecule has 0 bridgehead atoms. The number of carbonyl (C=O) groups excluding carboxylic acids is 2. The molecule has 2 aromatic carbocycles. The number of nitrogens with one attached hydrogen (secondary N) is 1. The monoisotopic (exact) mass is 434 g/mol. The number of benzene rings is 2. The average Bonchev–Trinajstić information content (AvgIpc) is 2.74. The first-order chi connectivity index (χ1) is 14.0. The minimum atomic E-state index is -0.623. The van der Waals surface area contributed by atoms with Gasteiger partial charge in [-0.15, -0.1) is 11.8 Å². The van der Waals surface area contributed by atoms with Crippen LogP contribution in [0.3, 0.4) is 0 Å². The van der Waals surface area contributed by atoms with Gasteiger partial charge in [-0.2, -0.15) is 0 Å². The highest BCUT2D eigenvalue weighted by Crippen LogP contribution is 2.23. The maximum Gasteiger partial charge on any atom is 0.340 e. The summed E-state index contributed by atoms with van der Waals surface area (Å²) in [5.41, 5.74) is 2.07. The van der Waals surface area contributed by atoms with Gasteiger partial charge in [0.1, 0.15) is 0 Å². The third-order valence-electron chi connectivity index (χ3n) is 4.48. The number of thioether (sulfide) groups is 1. The Morgan fingerprint density at radius 2 is 1.90 bits per heavy atom. The van der Waals surface area contributed by atoms with Gasteiger partial charge in [0, 0.05) is 30.2 Å². The molecule has 29 heavy (non-hydrogen) atoms. The van der Waals surface area contributed by atoms with Gasteiger partial charge in [-0.25, -0.2) is 4.79 Å². The highest BCUT2D eigenvalue weighted by Gasteiger charge is 2.15. The van der Waals surface area contributed by atoms with Gasteiger partial charge in [-0.1, -0.05) is 23.7 Å². The van der Waals surface area contributed by atoms with Crippen molar-refractivity contribution in [1.82, 2.24) is 4.90 Å². The summed E-state index contributed by atoms with van der Waals surface area (Å²) >= 11 is 7.55. The first kappa shape index (κ1) is 21.6. The van der Waals surface area contributed by atoms with Crippen LogP contribution in [0.4, 0.5) is 5.69 Å². The zero-order valence-electron chi connectivity index (χ0n) is 16.2. The number of anilines is 1. The molecule has 1 fully saturated rings. The maximum atomic E-state index is 12.2. The van der Waals surface area contributed by atoms with Crippen molar-refractivity contribution >= 4 is 40.9 Å². The van der Waals surface area contributed by atoms with Crippen LogP contribution in [-0.2, 0) is 20.8 Å². The van der Waals surface area contributed by atoms with Crippen molar-refractivity contribution in [2.45, 2.75) is 11.4 Å². The SMILES string of the molecule is CSc1ccc(Cl)c(C(=O)OCC(=O)Nc2ccc(CN3CCOCC3)cc2)c1. The molecule has 2 aromatic rings. The number of carbonyl (C=O) groups is 2. The highest BCUT2D eigenvalue weighted by molar-refractivity contribution is 7.98. The quantitative estimate of drug-likeness (QED) is 0.529. The topological polar surface area (TPSA) is 67.9 Å². The summed E-state index contributed by atoms with van der Waals surface area (Å²) in [7, 11) is 0. The number of rotatable bonds is 7. The number of hydrogen-bond donors (Lipinski definition) is 1. The van der Waals surface area contributed by atoms with Crippen molar-refractivity contribution in [2.24, 2.45) is 0 Å². The molecule has 3 rings (SSSR count). The number of morpholine rings is 1. The van der Waals surface area contributed by atoms with Crippen molar-refractivity contribution in [2.75, 3.05) is 44.5 Å². The van der Waals surface area contributed by atoms with Gasteiger partial charge >= 0.3 is 5.97 Å². The van der Waals surface area contributed by atoms with E-state index in [0.717, 1.165) is 37.7 Å². The smallest absolute Gasteiger partial charge is 0.340 e. The minimum Gasteiger partial charge on any atom is -0.452 e. The molecular formula is C21H23ClN2O4S. The summed E-state index contributed by atoms with van der Waals surface area (Å²) in [6, 6.07) is 12.8. The van der Waals surface area contributed by atoms with Crippen molar-refractivity contribution in [1.29, 1.82) is 0 Å². The molecule has 6 nitrogen and oxygen atoms in total. The third kappa shape index (κ3) is 6.47. The van der Waals surface area contributed by atoms with Crippen molar-refractivity contribution < 1.29 is 19.1 Å². The Morgan fingerprint density at radius 1 is 1.17 bits per heavy atom. The van der Waals surface area contributed by atoms with Crippen LogP contribution in [0.2, 0.25) is 5.02 Å². The molecule has 0 unspecified atom stereocenters. The lowest BCUT2D eigenvalue weighted by atomic mass is 10.2. The van der Waals surface area contributed by atoms with Gasteiger partial charge in [0.25, 0.3) is 5.91 Å². The van der Waals surface area contributed by atoms with Crippen molar-refractivity contribution in [3.8, 4) is 0 Å². The third-order valence-corrected chi connectivity index (χ3v) is 5.53. The Bertz CT molecular complexity index is 854. The maximum absolute atomic E-state index is 12.2. The zero-order chi connectivity index (χ0) is 20.6. The summed E-state index contributed by atoms with van der Waals surface area (Å²) in [4.78, 5) is 27.5. The zero-order valence-corrected chi connectivity index (χ0v) is 17.7. The summed E-state index contributed by atoms with van der Waals surface area (Å²) in [5.74, 6) is -1.03. The predicted octanol–water partition coefficient (Wildman–Crippen LogP) is 3.69. The molecule has 1 saturated heterocycles. The highest BCUT2D eigenvalue weighted by atomic mass is 35.5. The van der Waals surface area contributed by atoms with E-state index < -0.39 is 11.9 Å². The molecule has 0 saturated carbocycles. The molecule has 0 aromatic heterocycles. The van der Waals surface area contributed by atoms with Crippen LogP contribution >= 0.6 is 23.4 Å². The molecule has 154 valence electrons. The number of hydrogen-bond acceptors (Lipinski definition) is 6. The van der Waals surface area contributed by atoms with E-state index in [1.807, 2.05) is 36.6 Å². The number of amides is 1. The van der Waals surface area contributed by atoms with E-state index in [1.165, 1.54) is 17.3 Å². The Balaban J connectivity index is 1.48. The molecule has 0 spiro atoms. The predicted molar refractivity (Wildman–Crippen MR) is 115 cm³/mol. The standard InChI is InChI=1S/C21H23ClN2O4S/c1-29-17-6-7-19(22)18(12-17)21(26)28-14-20(25)23-16-4-2-15(3-5-16)13-24-8-10-27-11-9-24/h2-7,12H,8-11,13-14H2,1H3,(H,23,25). The minimum absolute atomic E-state index is 0.249. The second-order valence-corrected chi connectivity index (χ2v) is 7.84. The average molecular weight is 435 g/mol. The molecule has 1 N–H and O–H groups in total. The Kier molecular flexibility index (Phi) is 7.94. The molecule has 1 aliphatic rings. The van der Waals surface area contributed by atoms with Crippen molar-refractivity contribution in [3.05, 3.63) is 58.6 Å². The molecular weight excluding hydrogens is 412 g/mol. The second kappa shape index (κ2) is 10.6. The van der Waals surface area contributed by atoms with Crippen molar-refractivity contribution in [3.63, 3.8) is 0 Å². The molecule has 1 amide bonds. The normalized spacial score (nSPS) is 14.4. The van der Waals surface area contributed by atoms with Crippen LogP contribution < -0.4 is 5.32 Å². The lowest BCUT2D eigenvalue weighted by molar-refractivity contribution is -0.119. The van der Waals surface area contributed by atoms with Gasteiger partial charge < -0.3 is 14.8 Å². The summed E-state index contributed by atoms with van der Waals surface area (Å²) in [6.07, 6.45) is 1.90. The van der Waals surface area contributed by atoms with E-state index in [1.54, 1.807) is 12.1 Å². The Hall–Kier alpha value is -2.06.